The summed E-state index contributed by atoms with van der Waals surface area (Å²) in [4.78, 5) is 14.8. The van der Waals surface area contributed by atoms with Crippen molar-refractivity contribution in [2.24, 2.45) is 0 Å². The van der Waals surface area contributed by atoms with Crippen LogP contribution in [0.4, 0.5) is 4.79 Å². The minimum atomic E-state index is -0.883. The predicted octanol–water partition coefficient (Wildman–Crippen LogP) is 3.71. The maximum atomic E-state index is 11.2. The summed E-state index contributed by atoms with van der Waals surface area (Å²) in [7, 11) is 0. The topological polar surface area (TPSA) is 56.9 Å². The maximum Gasteiger partial charge on any atom is 0.407 e. The van der Waals surface area contributed by atoms with E-state index in [1.165, 1.54) is 4.90 Å². The summed E-state index contributed by atoms with van der Waals surface area (Å²) in [6.07, 6.45) is 0.743. The van der Waals surface area contributed by atoms with Crippen LogP contribution in [0.15, 0.2) is 47.1 Å². The first-order valence-electron chi connectivity index (χ1n) is 8.08. The Morgan fingerprint density at radius 2 is 2.20 bits per heavy atom. The second-order valence-corrected chi connectivity index (χ2v) is 6.45. The largest absolute Gasteiger partial charge is 0.467 e. The number of nitrogens with zero attached hydrogens (tertiary/aromatic N) is 2. The highest BCUT2D eigenvalue weighted by Gasteiger charge is 2.32. The normalized spacial score (nSPS) is 19.1. The number of carboxylic acid groups (broad SMARTS) is 1. The smallest absolute Gasteiger partial charge is 0.407 e. The van der Waals surface area contributed by atoms with E-state index in [1.54, 1.807) is 6.26 Å². The maximum absolute atomic E-state index is 11.2. The van der Waals surface area contributed by atoms with Crippen LogP contribution in [0.5, 0.6) is 0 Å². The molecule has 1 N–H and O–H groups in total. The molecule has 0 spiro atoms. The van der Waals surface area contributed by atoms with Crippen LogP contribution in [0.3, 0.4) is 0 Å². The van der Waals surface area contributed by atoms with E-state index in [-0.39, 0.29) is 12.1 Å². The highest BCUT2D eigenvalue weighted by Crippen LogP contribution is 2.25. The average Bonchev–Trinajstić information content (AvgIpc) is 3.10. The van der Waals surface area contributed by atoms with Gasteiger partial charge in [-0.05, 0) is 37.3 Å². The second kappa shape index (κ2) is 7.64. The molecule has 5 nitrogen and oxygen atoms in total. The Hall–Kier alpha value is -2.42. The lowest BCUT2D eigenvalue weighted by atomic mass is 10.1. The molecule has 6 heteroatoms. The fourth-order valence-corrected chi connectivity index (χ4v) is 3.20. The molecule has 0 bridgehead atoms. The van der Waals surface area contributed by atoms with Gasteiger partial charge in [-0.25, -0.2) is 4.79 Å². The summed E-state index contributed by atoms with van der Waals surface area (Å²) in [6.45, 7) is 3.51. The average molecular weight is 359 g/mol. The van der Waals surface area contributed by atoms with E-state index >= 15 is 0 Å². The van der Waals surface area contributed by atoms with Crippen molar-refractivity contribution >= 4 is 17.7 Å². The van der Waals surface area contributed by atoms with Crippen LogP contribution in [-0.4, -0.2) is 46.7 Å². The van der Waals surface area contributed by atoms with Gasteiger partial charge in [0.1, 0.15) is 11.8 Å². The summed E-state index contributed by atoms with van der Waals surface area (Å²) >= 11 is 6.02. The van der Waals surface area contributed by atoms with Gasteiger partial charge in [-0.1, -0.05) is 29.5 Å². The van der Waals surface area contributed by atoms with Crippen molar-refractivity contribution in [3.63, 3.8) is 0 Å². The van der Waals surface area contributed by atoms with Crippen molar-refractivity contribution in [3.05, 3.63) is 59.0 Å². The number of furan rings is 1. The Bertz CT molecular complexity index is 794. The zero-order valence-corrected chi connectivity index (χ0v) is 14.6. The van der Waals surface area contributed by atoms with Crippen molar-refractivity contribution < 1.29 is 14.3 Å². The molecule has 1 aliphatic rings. The van der Waals surface area contributed by atoms with Crippen molar-refractivity contribution in [2.45, 2.75) is 19.0 Å². The van der Waals surface area contributed by atoms with Gasteiger partial charge >= 0.3 is 6.09 Å². The minimum absolute atomic E-state index is 0.0358. The lowest BCUT2D eigenvalue weighted by Crippen LogP contribution is -2.54. The summed E-state index contributed by atoms with van der Waals surface area (Å²) in [5.41, 5.74) is 0.834. The number of carbonyl (C=O) groups is 1. The molecule has 3 rings (SSSR count). The number of amides is 1. The van der Waals surface area contributed by atoms with Gasteiger partial charge in [0.2, 0.25) is 0 Å². The fourth-order valence-electron chi connectivity index (χ4n) is 3.01. The molecule has 0 unspecified atom stereocenters. The third-order valence-corrected chi connectivity index (χ3v) is 4.51. The van der Waals surface area contributed by atoms with E-state index in [1.807, 2.05) is 43.3 Å². The Kier molecular flexibility index (Phi) is 5.32. The molecule has 0 radical (unpaired) electrons. The molecule has 1 aromatic carbocycles. The quantitative estimate of drug-likeness (QED) is 0.831. The SMILES string of the molecule is C[C@H]1CN(C(=O)O)CCN1[C@@H](C#Cc1cccc(Cl)c1)c1ccco1. The predicted molar refractivity (Wildman–Crippen MR) is 95.5 cm³/mol. The van der Waals surface area contributed by atoms with E-state index < -0.39 is 6.09 Å². The number of hydrogen-bond acceptors (Lipinski definition) is 3. The van der Waals surface area contributed by atoms with E-state index in [2.05, 4.69) is 16.7 Å². The molecule has 1 amide bonds. The Balaban J connectivity index is 1.86. The second-order valence-electron chi connectivity index (χ2n) is 6.01. The zero-order chi connectivity index (χ0) is 17.8. The molecule has 130 valence electrons. The molecule has 1 aliphatic heterocycles. The van der Waals surface area contributed by atoms with Crippen molar-refractivity contribution in [2.75, 3.05) is 19.6 Å². The van der Waals surface area contributed by atoms with E-state index in [0.717, 1.165) is 11.3 Å². The molecule has 1 fully saturated rings. The Morgan fingerprint density at radius 1 is 1.36 bits per heavy atom. The van der Waals surface area contributed by atoms with Gasteiger partial charge in [0.05, 0.1) is 6.26 Å². The van der Waals surface area contributed by atoms with Gasteiger partial charge in [0.15, 0.2) is 0 Å². The van der Waals surface area contributed by atoms with Crippen LogP contribution < -0.4 is 0 Å². The lowest BCUT2D eigenvalue weighted by Gasteiger charge is -2.40. The van der Waals surface area contributed by atoms with Crippen LogP contribution in [0.25, 0.3) is 0 Å². The van der Waals surface area contributed by atoms with E-state index in [9.17, 15) is 9.90 Å². The van der Waals surface area contributed by atoms with Crippen molar-refractivity contribution in [1.82, 2.24) is 9.80 Å². The van der Waals surface area contributed by atoms with Gasteiger partial charge in [-0.15, -0.1) is 0 Å². The van der Waals surface area contributed by atoms with Gasteiger partial charge < -0.3 is 14.4 Å². The lowest BCUT2D eigenvalue weighted by molar-refractivity contribution is 0.0574. The number of piperazine rings is 1. The highest BCUT2D eigenvalue weighted by atomic mass is 35.5. The van der Waals surface area contributed by atoms with Crippen LogP contribution in [-0.2, 0) is 0 Å². The minimum Gasteiger partial charge on any atom is -0.467 e. The molecule has 2 heterocycles. The molecule has 0 saturated carbocycles. The third-order valence-electron chi connectivity index (χ3n) is 4.27. The molecule has 1 saturated heterocycles. The molecule has 1 aromatic heterocycles. The standard InChI is InChI=1S/C19H19ClN2O3/c1-14-13-21(19(23)24)9-10-22(14)17(18-6-3-11-25-18)8-7-15-4-2-5-16(20)12-15/h2-6,11-12,14,17H,9-10,13H2,1H3,(H,23,24)/t14-,17-/m0/s1. The summed E-state index contributed by atoms with van der Waals surface area (Å²) < 4.78 is 5.58. The number of rotatable bonds is 2. The summed E-state index contributed by atoms with van der Waals surface area (Å²) in [6, 6.07) is 10.9. The van der Waals surface area contributed by atoms with Gasteiger partial charge in [0.25, 0.3) is 0 Å². The first-order valence-corrected chi connectivity index (χ1v) is 8.46. The van der Waals surface area contributed by atoms with Gasteiger partial charge in [-0.3, -0.25) is 4.90 Å². The van der Waals surface area contributed by atoms with Crippen LogP contribution in [0.2, 0.25) is 5.02 Å². The first-order chi connectivity index (χ1) is 12.0. The number of hydrogen-bond donors (Lipinski definition) is 1. The number of benzene rings is 1. The van der Waals surface area contributed by atoms with Crippen LogP contribution in [0, 0.1) is 11.8 Å². The number of halogens is 1. The van der Waals surface area contributed by atoms with Gasteiger partial charge in [-0.2, -0.15) is 0 Å². The first kappa shape index (κ1) is 17.4. The molecular formula is C19H19ClN2O3. The molecule has 2 atom stereocenters. The molecule has 0 aliphatic carbocycles. The van der Waals surface area contributed by atoms with Crippen LogP contribution in [0.1, 0.15) is 24.3 Å². The monoisotopic (exact) mass is 358 g/mol. The van der Waals surface area contributed by atoms with Crippen molar-refractivity contribution in [3.8, 4) is 11.8 Å². The van der Waals surface area contributed by atoms with E-state index in [4.69, 9.17) is 16.0 Å². The van der Waals surface area contributed by atoms with Gasteiger partial charge in [0, 0.05) is 36.3 Å². The summed E-state index contributed by atoms with van der Waals surface area (Å²) in [5, 5.41) is 9.83. The molecular weight excluding hydrogens is 340 g/mol. The molecule has 25 heavy (non-hydrogen) atoms. The Labute approximate surface area is 151 Å². The fraction of sp³-hybridized carbons (Fsp3) is 0.316. The van der Waals surface area contributed by atoms with Crippen molar-refractivity contribution in [1.29, 1.82) is 0 Å². The van der Waals surface area contributed by atoms with E-state index in [0.29, 0.717) is 24.7 Å². The zero-order valence-electron chi connectivity index (χ0n) is 13.9. The summed E-state index contributed by atoms with van der Waals surface area (Å²) in [5.74, 6) is 7.18. The molecule has 2 aromatic rings. The Morgan fingerprint density at radius 3 is 2.84 bits per heavy atom. The van der Waals surface area contributed by atoms with Crippen LogP contribution >= 0.6 is 11.6 Å². The third kappa shape index (κ3) is 4.16. The highest BCUT2D eigenvalue weighted by molar-refractivity contribution is 6.30.